The van der Waals surface area contributed by atoms with Crippen LogP contribution in [0.25, 0.3) is 11.3 Å². The zero-order valence-electron chi connectivity index (χ0n) is 12.8. The standard InChI is InChI=1S/C18H25N3/c1-2-14-8-6-7-11-17(14)19-12-16-13-20-21-18(16)15-9-4-3-5-10-15/h3-5,9-10,13-14,17,19H,2,6-8,11-12H2,1H3,(H,20,21). The van der Waals surface area contributed by atoms with E-state index in [2.05, 4.69) is 46.7 Å². The van der Waals surface area contributed by atoms with Crippen LogP contribution in [-0.4, -0.2) is 16.2 Å². The molecule has 0 amide bonds. The summed E-state index contributed by atoms with van der Waals surface area (Å²) in [4.78, 5) is 0. The van der Waals surface area contributed by atoms with Gasteiger partial charge in [0.15, 0.2) is 0 Å². The summed E-state index contributed by atoms with van der Waals surface area (Å²) in [6, 6.07) is 11.1. The second-order valence-electron chi connectivity index (χ2n) is 6.08. The molecule has 112 valence electrons. The summed E-state index contributed by atoms with van der Waals surface area (Å²) in [6.07, 6.45) is 8.71. The van der Waals surface area contributed by atoms with Gasteiger partial charge in [-0.05, 0) is 24.3 Å². The van der Waals surface area contributed by atoms with Crippen molar-refractivity contribution in [3.63, 3.8) is 0 Å². The highest BCUT2D eigenvalue weighted by molar-refractivity contribution is 5.62. The molecule has 0 radical (unpaired) electrons. The lowest BCUT2D eigenvalue weighted by atomic mass is 9.83. The van der Waals surface area contributed by atoms with Gasteiger partial charge in [0.25, 0.3) is 0 Å². The van der Waals surface area contributed by atoms with Gasteiger partial charge in [-0.2, -0.15) is 5.10 Å². The minimum Gasteiger partial charge on any atom is -0.310 e. The first-order valence-electron chi connectivity index (χ1n) is 8.19. The van der Waals surface area contributed by atoms with Crippen LogP contribution in [0, 0.1) is 5.92 Å². The monoisotopic (exact) mass is 283 g/mol. The minimum absolute atomic E-state index is 0.669. The van der Waals surface area contributed by atoms with Gasteiger partial charge in [0, 0.05) is 18.2 Å². The molecular formula is C18H25N3. The Labute approximate surface area is 127 Å². The molecule has 1 aromatic heterocycles. The summed E-state index contributed by atoms with van der Waals surface area (Å²) in [5, 5.41) is 11.2. The molecule has 2 N–H and O–H groups in total. The van der Waals surface area contributed by atoms with Crippen molar-refractivity contribution in [2.75, 3.05) is 0 Å². The molecule has 21 heavy (non-hydrogen) atoms. The van der Waals surface area contributed by atoms with Gasteiger partial charge in [-0.3, -0.25) is 5.10 Å². The van der Waals surface area contributed by atoms with E-state index < -0.39 is 0 Å². The van der Waals surface area contributed by atoms with Gasteiger partial charge in [-0.25, -0.2) is 0 Å². The first-order valence-corrected chi connectivity index (χ1v) is 8.19. The molecular weight excluding hydrogens is 258 g/mol. The molecule has 2 unspecified atom stereocenters. The van der Waals surface area contributed by atoms with Crippen molar-refractivity contribution in [3.8, 4) is 11.3 Å². The smallest absolute Gasteiger partial charge is 0.0695 e. The fourth-order valence-corrected chi connectivity index (χ4v) is 3.51. The van der Waals surface area contributed by atoms with Crippen molar-refractivity contribution in [1.82, 2.24) is 15.5 Å². The summed E-state index contributed by atoms with van der Waals surface area (Å²) in [6.45, 7) is 3.22. The maximum absolute atomic E-state index is 4.24. The molecule has 2 aromatic rings. The summed E-state index contributed by atoms with van der Waals surface area (Å²) in [5.74, 6) is 0.839. The molecule has 0 bridgehead atoms. The number of aromatic amines is 1. The largest absolute Gasteiger partial charge is 0.310 e. The van der Waals surface area contributed by atoms with E-state index in [1.807, 2.05) is 12.3 Å². The molecule has 3 rings (SSSR count). The highest BCUT2D eigenvalue weighted by Crippen LogP contribution is 2.27. The van der Waals surface area contributed by atoms with E-state index in [0.717, 1.165) is 18.2 Å². The van der Waals surface area contributed by atoms with Crippen LogP contribution in [0.3, 0.4) is 0 Å². The third-order valence-corrected chi connectivity index (χ3v) is 4.77. The summed E-state index contributed by atoms with van der Waals surface area (Å²) >= 11 is 0. The summed E-state index contributed by atoms with van der Waals surface area (Å²) < 4.78 is 0. The lowest BCUT2D eigenvalue weighted by Crippen LogP contribution is -2.37. The molecule has 3 nitrogen and oxygen atoms in total. The molecule has 1 saturated carbocycles. The van der Waals surface area contributed by atoms with E-state index in [4.69, 9.17) is 0 Å². The Morgan fingerprint density at radius 2 is 2.00 bits per heavy atom. The van der Waals surface area contributed by atoms with Crippen molar-refractivity contribution in [1.29, 1.82) is 0 Å². The van der Waals surface area contributed by atoms with E-state index in [1.165, 1.54) is 43.2 Å². The molecule has 2 atom stereocenters. The van der Waals surface area contributed by atoms with Crippen LogP contribution >= 0.6 is 0 Å². The fourth-order valence-electron chi connectivity index (χ4n) is 3.51. The molecule has 1 aliphatic carbocycles. The van der Waals surface area contributed by atoms with Crippen LogP contribution in [0.5, 0.6) is 0 Å². The van der Waals surface area contributed by atoms with E-state index in [1.54, 1.807) is 0 Å². The van der Waals surface area contributed by atoms with Crippen LogP contribution in [0.1, 0.15) is 44.6 Å². The summed E-state index contributed by atoms with van der Waals surface area (Å²) in [5.41, 5.74) is 3.62. The third-order valence-electron chi connectivity index (χ3n) is 4.77. The van der Waals surface area contributed by atoms with Crippen molar-refractivity contribution in [2.45, 2.75) is 51.6 Å². The highest BCUT2D eigenvalue weighted by atomic mass is 15.1. The number of nitrogens with one attached hydrogen (secondary N) is 2. The average Bonchev–Trinajstić information content (AvgIpc) is 3.02. The number of rotatable bonds is 5. The maximum Gasteiger partial charge on any atom is 0.0695 e. The average molecular weight is 283 g/mol. The second kappa shape index (κ2) is 6.90. The van der Waals surface area contributed by atoms with Crippen molar-refractivity contribution in [2.24, 2.45) is 5.92 Å². The Morgan fingerprint density at radius 1 is 1.19 bits per heavy atom. The lowest BCUT2D eigenvalue weighted by molar-refractivity contribution is 0.254. The molecule has 1 aliphatic rings. The number of hydrogen-bond acceptors (Lipinski definition) is 2. The molecule has 1 fully saturated rings. The quantitative estimate of drug-likeness (QED) is 0.866. The first kappa shape index (κ1) is 14.3. The number of hydrogen-bond donors (Lipinski definition) is 2. The van der Waals surface area contributed by atoms with Crippen molar-refractivity contribution >= 4 is 0 Å². The highest BCUT2D eigenvalue weighted by Gasteiger charge is 2.23. The van der Waals surface area contributed by atoms with Gasteiger partial charge < -0.3 is 5.32 Å². The zero-order valence-corrected chi connectivity index (χ0v) is 12.8. The van der Waals surface area contributed by atoms with Gasteiger partial charge in [-0.1, -0.05) is 56.5 Å². The van der Waals surface area contributed by atoms with E-state index in [0.29, 0.717) is 6.04 Å². The van der Waals surface area contributed by atoms with Crippen LogP contribution in [-0.2, 0) is 6.54 Å². The fraction of sp³-hybridized carbons (Fsp3) is 0.500. The number of benzene rings is 1. The van der Waals surface area contributed by atoms with Crippen LogP contribution < -0.4 is 5.32 Å². The van der Waals surface area contributed by atoms with Gasteiger partial charge >= 0.3 is 0 Å². The van der Waals surface area contributed by atoms with E-state index in [9.17, 15) is 0 Å². The SMILES string of the molecule is CCC1CCCCC1NCc1cn[nH]c1-c1ccccc1. The summed E-state index contributed by atoms with van der Waals surface area (Å²) in [7, 11) is 0. The maximum atomic E-state index is 4.24. The molecule has 3 heteroatoms. The van der Waals surface area contributed by atoms with E-state index in [-0.39, 0.29) is 0 Å². The second-order valence-corrected chi connectivity index (χ2v) is 6.08. The van der Waals surface area contributed by atoms with Gasteiger partial charge in [-0.15, -0.1) is 0 Å². The zero-order chi connectivity index (χ0) is 14.5. The Bertz CT molecular complexity index is 547. The Balaban J connectivity index is 1.67. The Hall–Kier alpha value is -1.61. The molecule has 0 saturated heterocycles. The molecule has 1 aromatic carbocycles. The first-order chi connectivity index (χ1) is 10.4. The van der Waals surface area contributed by atoms with Gasteiger partial charge in [0.05, 0.1) is 11.9 Å². The normalized spacial score (nSPS) is 22.3. The van der Waals surface area contributed by atoms with Crippen LogP contribution in [0.2, 0.25) is 0 Å². The van der Waals surface area contributed by atoms with Crippen LogP contribution in [0.4, 0.5) is 0 Å². The predicted molar refractivity (Wildman–Crippen MR) is 86.9 cm³/mol. The lowest BCUT2D eigenvalue weighted by Gasteiger charge is -2.31. The molecule has 1 heterocycles. The molecule has 0 aliphatic heterocycles. The Kier molecular flexibility index (Phi) is 4.71. The third kappa shape index (κ3) is 3.35. The molecule has 0 spiro atoms. The van der Waals surface area contributed by atoms with E-state index >= 15 is 0 Å². The van der Waals surface area contributed by atoms with Gasteiger partial charge in [0.2, 0.25) is 0 Å². The predicted octanol–water partition coefficient (Wildman–Crippen LogP) is 4.14. The minimum atomic E-state index is 0.669. The number of nitrogens with zero attached hydrogens (tertiary/aromatic N) is 1. The Morgan fingerprint density at radius 3 is 2.81 bits per heavy atom. The number of aromatic nitrogens is 2. The number of H-pyrrole nitrogens is 1. The van der Waals surface area contributed by atoms with Gasteiger partial charge in [0.1, 0.15) is 0 Å². The topological polar surface area (TPSA) is 40.7 Å². The van der Waals surface area contributed by atoms with Crippen LogP contribution in [0.15, 0.2) is 36.5 Å². The van der Waals surface area contributed by atoms with Crippen molar-refractivity contribution < 1.29 is 0 Å². The van der Waals surface area contributed by atoms with Crippen molar-refractivity contribution in [3.05, 3.63) is 42.1 Å².